The van der Waals surface area contributed by atoms with E-state index < -0.39 is 31.8 Å². The molecule has 0 fully saturated rings. The van der Waals surface area contributed by atoms with Crippen LogP contribution in [0.4, 0.5) is 18.9 Å². The summed E-state index contributed by atoms with van der Waals surface area (Å²) in [6, 6.07) is 0. The number of halogens is 3. The van der Waals surface area contributed by atoms with Gasteiger partial charge in [0.2, 0.25) is 0 Å². The van der Waals surface area contributed by atoms with Gasteiger partial charge in [-0.1, -0.05) is 0 Å². The smallest absolute Gasteiger partial charge is 0.396 e. The summed E-state index contributed by atoms with van der Waals surface area (Å²) in [4.78, 5) is 12.5. The Balaban J connectivity index is 3.02. The van der Waals surface area contributed by atoms with Crippen LogP contribution < -0.4 is 5.73 Å². The number of carbonyl (C=O) groups is 1. The second kappa shape index (κ2) is 5.91. The predicted molar refractivity (Wildman–Crippen MR) is 61.4 cm³/mol. The van der Waals surface area contributed by atoms with Crippen molar-refractivity contribution < 1.29 is 23.1 Å². The molecule has 0 spiro atoms. The maximum absolute atomic E-state index is 12.4. The van der Waals surface area contributed by atoms with Gasteiger partial charge in [-0.25, -0.2) is 0 Å². The van der Waals surface area contributed by atoms with Crippen molar-refractivity contribution in [1.82, 2.24) is 14.7 Å². The number of alkyl halides is 3. The Labute approximate surface area is 107 Å². The van der Waals surface area contributed by atoms with E-state index in [0.717, 1.165) is 0 Å². The van der Waals surface area contributed by atoms with Crippen LogP contribution in [0.1, 0.15) is 17.4 Å². The highest BCUT2D eigenvalue weighted by atomic mass is 19.4. The number of rotatable bonds is 5. The van der Waals surface area contributed by atoms with Crippen molar-refractivity contribution in [3.05, 3.63) is 11.9 Å². The van der Waals surface area contributed by atoms with E-state index in [0.29, 0.717) is 11.4 Å². The molecule has 108 valence electrons. The number of aliphatic hydroxyl groups is 1. The van der Waals surface area contributed by atoms with Crippen LogP contribution in [0.15, 0.2) is 6.20 Å². The second-order valence-corrected chi connectivity index (χ2v) is 3.83. The van der Waals surface area contributed by atoms with E-state index in [1.165, 1.54) is 10.9 Å². The highest BCUT2D eigenvalue weighted by Crippen LogP contribution is 2.20. The van der Waals surface area contributed by atoms with E-state index in [9.17, 15) is 18.0 Å². The first-order valence-corrected chi connectivity index (χ1v) is 5.58. The van der Waals surface area contributed by atoms with Gasteiger partial charge in [0.1, 0.15) is 12.2 Å². The molecule has 0 atom stereocenters. The first-order chi connectivity index (χ1) is 8.80. The third-order valence-corrected chi connectivity index (χ3v) is 2.40. The molecule has 1 aromatic rings. The van der Waals surface area contributed by atoms with Crippen molar-refractivity contribution in [2.75, 3.05) is 25.4 Å². The molecular formula is C10H15F3N4O2. The number of anilines is 1. The number of hydrogen-bond donors (Lipinski definition) is 2. The summed E-state index contributed by atoms with van der Waals surface area (Å²) < 4.78 is 38.4. The fourth-order valence-electron chi connectivity index (χ4n) is 1.61. The van der Waals surface area contributed by atoms with E-state index in [1.807, 2.05) is 0 Å². The van der Waals surface area contributed by atoms with Crippen LogP contribution in [-0.2, 0) is 6.54 Å². The van der Waals surface area contributed by atoms with Crippen LogP contribution in [0.25, 0.3) is 0 Å². The van der Waals surface area contributed by atoms with Crippen LogP contribution in [0, 0.1) is 0 Å². The minimum atomic E-state index is -4.54. The molecule has 1 heterocycles. The van der Waals surface area contributed by atoms with Crippen molar-refractivity contribution in [2.45, 2.75) is 19.6 Å². The van der Waals surface area contributed by atoms with Gasteiger partial charge >= 0.3 is 6.18 Å². The summed E-state index contributed by atoms with van der Waals surface area (Å²) in [7, 11) is 0. The number of amides is 1. The molecule has 6 nitrogen and oxygen atoms in total. The van der Waals surface area contributed by atoms with Gasteiger partial charge in [0.05, 0.1) is 18.5 Å². The molecule has 1 amide bonds. The highest BCUT2D eigenvalue weighted by Gasteiger charge is 2.34. The quantitative estimate of drug-likeness (QED) is 0.821. The van der Waals surface area contributed by atoms with Crippen LogP contribution in [0.3, 0.4) is 0 Å². The maximum Gasteiger partial charge on any atom is 0.406 e. The average molecular weight is 280 g/mol. The van der Waals surface area contributed by atoms with Gasteiger partial charge < -0.3 is 15.7 Å². The Bertz CT molecular complexity index is 444. The average Bonchev–Trinajstić information content (AvgIpc) is 2.67. The minimum Gasteiger partial charge on any atom is -0.396 e. The number of carbonyl (C=O) groups excluding carboxylic acids is 1. The number of nitrogen functional groups attached to an aromatic ring is 1. The highest BCUT2D eigenvalue weighted by molar-refractivity contribution is 5.97. The molecule has 0 aliphatic heterocycles. The van der Waals surface area contributed by atoms with E-state index in [2.05, 4.69) is 5.10 Å². The molecule has 0 aromatic carbocycles. The van der Waals surface area contributed by atoms with Crippen LogP contribution in [0.2, 0.25) is 0 Å². The summed E-state index contributed by atoms with van der Waals surface area (Å²) in [5.41, 5.74) is 5.46. The fraction of sp³-hybridized carbons (Fsp3) is 0.600. The lowest BCUT2D eigenvalue weighted by molar-refractivity contribution is -0.141. The van der Waals surface area contributed by atoms with Gasteiger partial charge in [-0.3, -0.25) is 9.48 Å². The Morgan fingerprint density at radius 2 is 2.21 bits per heavy atom. The van der Waals surface area contributed by atoms with Gasteiger partial charge in [0.25, 0.3) is 5.91 Å². The molecule has 0 radical (unpaired) electrons. The molecule has 3 N–H and O–H groups in total. The van der Waals surface area contributed by atoms with E-state index in [4.69, 9.17) is 10.8 Å². The number of aryl methyl sites for hydroxylation is 1. The van der Waals surface area contributed by atoms with Gasteiger partial charge in [0, 0.05) is 13.1 Å². The zero-order valence-electron chi connectivity index (χ0n) is 10.3. The SMILES string of the molecule is CCn1ncc(N)c1C(=O)N(CCO)CC(F)(F)F. The van der Waals surface area contributed by atoms with Gasteiger partial charge in [0.15, 0.2) is 0 Å². The normalized spacial score (nSPS) is 11.6. The standard InChI is InChI=1S/C10H15F3N4O2/c1-2-17-8(7(14)5-15-17)9(19)16(3-4-18)6-10(11,12)13/h5,18H,2-4,6,14H2,1H3. The Morgan fingerprint density at radius 1 is 1.58 bits per heavy atom. The first-order valence-electron chi connectivity index (χ1n) is 5.58. The fourth-order valence-corrected chi connectivity index (χ4v) is 1.61. The number of aliphatic hydroxyl groups excluding tert-OH is 1. The molecule has 1 rings (SSSR count). The number of hydrogen-bond acceptors (Lipinski definition) is 4. The summed E-state index contributed by atoms with van der Waals surface area (Å²) >= 11 is 0. The first kappa shape index (κ1) is 15.3. The van der Waals surface area contributed by atoms with E-state index in [1.54, 1.807) is 6.92 Å². The molecule has 0 unspecified atom stereocenters. The largest absolute Gasteiger partial charge is 0.406 e. The molecule has 19 heavy (non-hydrogen) atoms. The van der Waals surface area contributed by atoms with Crippen LogP contribution in [-0.4, -0.2) is 51.6 Å². The molecule has 0 aliphatic rings. The van der Waals surface area contributed by atoms with E-state index >= 15 is 0 Å². The van der Waals surface area contributed by atoms with Gasteiger partial charge in [-0.15, -0.1) is 0 Å². The number of aromatic nitrogens is 2. The van der Waals surface area contributed by atoms with Crippen molar-refractivity contribution in [1.29, 1.82) is 0 Å². The van der Waals surface area contributed by atoms with Gasteiger partial charge in [-0.05, 0) is 6.92 Å². The second-order valence-electron chi connectivity index (χ2n) is 3.83. The molecule has 0 bridgehead atoms. The van der Waals surface area contributed by atoms with E-state index in [-0.39, 0.29) is 11.4 Å². The molecule has 0 aliphatic carbocycles. The Kier molecular flexibility index (Phi) is 4.76. The maximum atomic E-state index is 12.4. The topological polar surface area (TPSA) is 84.4 Å². The van der Waals surface area contributed by atoms with Crippen molar-refractivity contribution in [3.8, 4) is 0 Å². The Hall–Kier alpha value is -1.77. The lowest BCUT2D eigenvalue weighted by Gasteiger charge is -2.23. The molecular weight excluding hydrogens is 265 g/mol. The predicted octanol–water partition coefficient (Wildman–Crippen LogP) is 0.482. The van der Waals surface area contributed by atoms with Crippen molar-refractivity contribution in [3.63, 3.8) is 0 Å². The molecule has 9 heteroatoms. The molecule has 0 saturated heterocycles. The summed E-state index contributed by atoms with van der Waals surface area (Å²) in [5.74, 6) is -0.900. The Morgan fingerprint density at radius 3 is 2.68 bits per heavy atom. The zero-order chi connectivity index (χ0) is 14.6. The molecule has 1 aromatic heterocycles. The lowest BCUT2D eigenvalue weighted by atomic mass is 10.3. The van der Waals surface area contributed by atoms with Crippen molar-refractivity contribution in [2.24, 2.45) is 0 Å². The molecule has 0 saturated carbocycles. The van der Waals surface area contributed by atoms with Crippen LogP contribution in [0.5, 0.6) is 0 Å². The van der Waals surface area contributed by atoms with Gasteiger partial charge in [-0.2, -0.15) is 18.3 Å². The minimum absolute atomic E-state index is 0.0111. The van der Waals surface area contributed by atoms with Crippen LogP contribution >= 0.6 is 0 Å². The third kappa shape index (κ3) is 3.85. The third-order valence-electron chi connectivity index (χ3n) is 2.40. The number of nitrogens with two attached hydrogens (primary N) is 1. The number of nitrogens with zero attached hydrogens (tertiary/aromatic N) is 3. The summed E-state index contributed by atoms with van der Waals surface area (Å²) in [6.45, 7) is -0.448. The zero-order valence-corrected chi connectivity index (χ0v) is 10.3. The van der Waals surface area contributed by atoms with Crippen molar-refractivity contribution >= 4 is 11.6 Å². The monoisotopic (exact) mass is 280 g/mol. The lowest BCUT2D eigenvalue weighted by Crippen LogP contribution is -2.41. The summed E-state index contributed by atoms with van der Waals surface area (Å²) in [5, 5.41) is 12.6. The summed E-state index contributed by atoms with van der Waals surface area (Å²) in [6.07, 6.45) is -3.34.